The molecule has 3 heterocycles. The standard InChI is InChI=1S/C66H70N4O/c1-62(2,3)46-27-32-58-60(39-46)68(43-69(58)52-36-49(63(4,5)6)35-50(37-52)64(7,8)9)51-25-20-26-53(41-51)71-54-29-30-55-56-38-47(65(10,11)44-21-16-14-17-22-44)28-31-57(56)70(59(55)42-54)61-40-48(33-34-67-61)66(12,13)45-23-18-15-19-24-45/h14-42H,43H2,1-13H3. The van der Waals surface area contributed by atoms with Gasteiger partial charge in [0.05, 0.1) is 22.4 Å². The topological polar surface area (TPSA) is 33.5 Å². The lowest BCUT2D eigenvalue weighted by Crippen LogP contribution is -2.25. The molecule has 360 valence electrons. The number of hydrogen-bond donors (Lipinski definition) is 0. The van der Waals surface area contributed by atoms with Crippen LogP contribution >= 0.6 is 0 Å². The Balaban J connectivity index is 1.07. The van der Waals surface area contributed by atoms with Gasteiger partial charge in [0, 0.05) is 51.3 Å². The van der Waals surface area contributed by atoms with Crippen LogP contribution in [0.1, 0.15) is 129 Å². The fourth-order valence-corrected chi connectivity index (χ4v) is 10.3. The maximum absolute atomic E-state index is 6.96. The number of ether oxygens (including phenoxy) is 1. The van der Waals surface area contributed by atoms with Crippen molar-refractivity contribution in [2.75, 3.05) is 16.5 Å². The summed E-state index contributed by atoms with van der Waals surface area (Å²) < 4.78 is 9.27. The molecule has 10 rings (SSSR count). The van der Waals surface area contributed by atoms with E-state index in [9.17, 15) is 0 Å². The molecule has 2 aromatic heterocycles. The molecule has 0 unspecified atom stereocenters. The summed E-state index contributed by atoms with van der Waals surface area (Å²) in [7, 11) is 0. The molecule has 0 bridgehead atoms. The van der Waals surface area contributed by atoms with Crippen LogP contribution in [0.25, 0.3) is 27.6 Å². The van der Waals surface area contributed by atoms with Gasteiger partial charge in [-0.2, -0.15) is 0 Å². The van der Waals surface area contributed by atoms with Crippen molar-refractivity contribution in [2.24, 2.45) is 0 Å². The first-order valence-corrected chi connectivity index (χ1v) is 25.4. The summed E-state index contributed by atoms with van der Waals surface area (Å²) in [6.07, 6.45) is 1.96. The molecule has 0 radical (unpaired) electrons. The first-order chi connectivity index (χ1) is 33.6. The van der Waals surface area contributed by atoms with E-state index >= 15 is 0 Å². The van der Waals surface area contributed by atoms with Crippen LogP contribution in [0.5, 0.6) is 11.5 Å². The molecule has 0 saturated carbocycles. The van der Waals surface area contributed by atoms with Crippen LogP contribution in [-0.4, -0.2) is 16.2 Å². The summed E-state index contributed by atoms with van der Waals surface area (Å²) in [5.74, 6) is 2.41. The van der Waals surface area contributed by atoms with Crippen molar-refractivity contribution in [3.8, 4) is 17.3 Å². The molecule has 7 aromatic carbocycles. The zero-order valence-corrected chi connectivity index (χ0v) is 44.1. The van der Waals surface area contributed by atoms with Gasteiger partial charge in [0.25, 0.3) is 0 Å². The van der Waals surface area contributed by atoms with E-state index in [-0.39, 0.29) is 27.1 Å². The summed E-state index contributed by atoms with van der Waals surface area (Å²) in [4.78, 5) is 10.0. The zero-order chi connectivity index (χ0) is 50.3. The van der Waals surface area contributed by atoms with Crippen LogP contribution in [-0.2, 0) is 27.1 Å². The van der Waals surface area contributed by atoms with Crippen LogP contribution in [0.4, 0.5) is 22.7 Å². The summed E-state index contributed by atoms with van der Waals surface area (Å²) >= 11 is 0. The molecule has 5 heteroatoms. The first kappa shape index (κ1) is 47.6. The lowest BCUT2D eigenvalue weighted by Gasteiger charge is -2.29. The molecule has 0 amide bonds. The van der Waals surface area contributed by atoms with E-state index in [0.717, 1.165) is 39.4 Å². The second kappa shape index (κ2) is 17.3. The third-order valence-electron chi connectivity index (χ3n) is 15.2. The lowest BCUT2D eigenvalue weighted by molar-refractivity contribution is 0.483. The van der Waals surface area contributed by atoms with E-state index in [4.69, 9.17) is 9.72 Å². The minimum absolute atomic E-state index is 0.000546. The molecule has 0 spiro atoms. The van der Waals surface area contributed by atoms with Crippen LogP contribution in [0.2, 0.25) is 0 Å². The Kier molecular flexibility index (Phi) is 11.6. The van der Waals surface area contributed by atoms with E-state index in [1.54, 1.807) is 0 Å². The highest BCUT2D eigenvalue weighted by atomic mass is 16.5. The van der Waals surface area contributed by atoms with Gasteiger partial charge in [-0.25, -0.2) is 4.98 Å². The Morgan fingerprint density at radius 3 is 1.58 bits per heavy atom. The highest BCUT2D eigenvalue weighted by Gasteiger charge is 2.33. The summed E-state index contributed by atoms with van der Waals surface area (Å²) in [6.45, 7) is 30.6. The van der Waals surface area contributed by atoms with Gasteiger partial charge in [-0.15, -0.1) is 0 Å². The largest absolute Gasteiger partial charge is 0.457 e. The van der Waals surface area contributed by atoms with E-state index in [1.165, 1.54) is 61.4 Å². The molecule has 71 heavy (non-hydrogen) atoms. The molecular formula is C66H70N4O. The quantitative estimate of drug-likeness (QED) is 0.144. The Morgan fingerprint density at radius 1 is 0.380 bits per heavy atom. The predicted molar refractivity (Wildman–Crippen MR) is 300 cm³/mol. The lowest BCUT2D eigenvalue weighted by atomic mass is 9.78. The Hall–Kier alpha value is -7.11. The van der Waals surface area contributed by atoms with E-state index < -0.39 is 0 Å². The smallest absolute Gasteiger partial charge is 0.137 e. The number of hydrogen-bond acceptors (Lipinski definition) is 4. The molecular weight excluding hydrogens is 865 g/mol. The maximum Gasteiger partial charge on any atom is 0.137 e. The molecule has 1 aliphatic rings. The number of rotatable bonds is 9. The van der Waals surface area contributed by atoms with Gasteiger partial charge in [0.2, 0.25) is 0 Å². The van der Waals surface area contributed by atoms with Gasteiger partial charge in [0.1, 0.15) is 24.0 Å². The van der Waals surface area contributed by atoms with Gasteiger partial charge >= 0.3 is 0 Å². The molecule has 5 nitrogen and oxygen atoms in total. The number of nitrogens with zero attached hydrogens (tertiary/aromatic N) is 4. The molecule has 0 atom stereocenters. The van der Waals surface area contributed by atoms with Crippen LogP contribution in [0, 0.1) is 0 Å². The first-order valence-electron chi connectivity index (χ1n) is 25.4. The highest BCUT2D eigenvalue weighted by molar-refractivity contribution is 6.10. The number of anilines is 4. The molecule has 0 saturated heterocycles. The minimum Gasteiger partial charge on any atom is -0.457 e. The Bertz CT molecular complexity index is 3400. The number of aromatic nitrogens is 2. The monoisotopic (exact) mass is 935 g/mol. The Labute approximate surface area is 422 Å². The number of benzene rings is 7. The fourth-order valence-electron chi connectivity index (χ4n) is 10.3. The average Bonchev–Trinajstić information content (AvgIpc) is 3.89. The maximum atomic E-state index is 6.96. The average molecular weight is 935 g/mol. The van der Waals surface area contributed by atoms with Gasteiger partial charge in [0.15, 0.2) is 0 Å². The predicted octanol–water partition coefficient (Wildman–Crippen LogP) is 17.8. The molecule has 0 aliphatic carbocycles. The van der Waals surface area contributed by atoms with Crippen LogP contribution in [0.15, 0.2) is 176 Å². The summed E-state index contributed by atoms with van der Waals surface area (Å²) in [5.41, 5.74) is 15.3. The van der Waals surface area contributed by atoms with E-state index in [2.05, 4.69) is 274 Å². The van der Waals surface area contributed by atoms with Crippen molar-refractivity contribution in [1.82, 2.24) is 9.55 Å². The second-order valence-corrected chi connectivity index (χ2v) is 24.0. The highest BCUT2D eigenvalue weighted by Crippen LogP contribution is 2.48. The van der Waals surface area contributed by atoms with Crippen molar-refractivity contribution >= 4 is 44.6 Å². The Morgan fingerprint density at radius 2 is 0.958 bits per heavy atom. The zero-order valence-electron chi connectivity index (χ0n) is 44.1. The van der Waals surface area contributed by atoms with Crippen molar-refractivity contribution in [1.29, 1.82) is 0 Å². The third kappa shape index (κ3) is 8.90. The SMILES string of the molecule is CC(C)(C)c1cc(N2CN(c3cccc(Oc4ccc5c6cc(C(C)(C)c7ccccc7)ccc6n(-c6cc(C(C)(C)c7ccccc7)ccn6)c5c4)c3)c3cc(C(C)(C)C)ccc32)cc(C(C)(C)C)c1. The second-order valence-electron chi connectivity index (χ2n) is 24.0. The van der Waals surface area contributed by atoms with Gasteiger partial charge in [-0.1, -0.05) is 175 Å². The van der Waals surface area contributed by atoms with Gasteiger partial charge < -0.3 is 14.5 Å². The van der Waals surface area contributed by atoms with Crippen molar-refractivity contribution < 1.29 is 4.74 Å². The molecule has 0 N–H and O–H groups in total. The van der Waals surface area contributed by atoms with Crippen molar-refractivity contribution in [3.05, 3.63) is 215 Å². The van der Waals surface area contributed by atoms with Gasteiger partial charge in [-0.3, -0.25) is 4.57 Å². The van der Waals surface area contributed by atoms with E-state index in [0.29, 0.717) is 6.67 Å². The minimum atomic E-state index is -0.239. The van der Waals surface area contributed by atoms with Crippen molar-refractivity contribution in [2.45, 2.75) is 117 Å². The molecule has 1 aliphatic heterocycles. The normalized spacial score (nSPS) is 13.6. The van der Waals surface area contributed by atoms with Crippen LogP contribution in [0.3, 0.4) is 0 Å². The third-order valence-corrected chi connectivity index (χ3v) is 15.2. The van der Waals surface area contributed by atoms with Crippen LogP contribution < -0.4 is 14.5 Å². The number of pyridine rings is 1. The number of fused-ring (bicyclic) bond motifs is 4. The molecule has 0 fully saturated rings. The van der Waals surface area contributed by atoms with E-state index in [1.807, 2.05) is 6.20 Å². The summed E-state index contributed by atoms with van der Waals surface area (Å²) in [6, 6.07) is 62.3. The molecule has 9 aromatic rings. The summed E-state index contributed by atoms with van der Waals surface area (Å²) in [5, 5.41) is 2.33. The fraction of sp³-hybridized carbons (Fsp3) is 0.288. The van der Waals surface area contributed by atoms with Crippen molar-refractivity contribution in [3.63, 3.8) is 0 Å². The van der Waals surface area contributed by atoms with Gasteiger partial charge in [-0.05, 0) is 128 Å².